The van der Waals surface area contributed by atoms with Crippen LogP contribution in [0.4, 0.5) is 5.69 Å². The summed E-state index contributed by atoms with van der Waals surface area (Å²) in [6.07, 6.45) is 1.61. The van der Waals surface area contributed by atoms with Gasteiger partial charge in [-0.15, -0.1) is 0 Å². The van der Waals surface area contributed by atoms with Gasteiger partial charge in [0.25, 0.3) is 0 Å². The van der Waals surface area contributed by atoms with Gasteiger partial charge >= 0.3 is 0 Å². The van der Waals surface area contributed by atoms with Crippen molar-refractivity contribution >= 4 is 32.7 Å². The molecule has 78 valence electrons. The summed E-state index contributed by atoms with van der Waals surface area (Å²) in [6, 6.07) is 3.62. The summed E-state index contributed by atoms with van der Waals surface area (Å²) >= 11 is 3.36. The number of nitriles is 1. The Hall–Kier alpha value is -2.03. The van der Waals surface area contributed by atoms with Gasteiger partial charge in [-0.2, -0.15) is 5.26 Å². The van der Waals surface area contributed by atoms with Gasteiger partial charge in [-0.05, 0) is 27.5 Å². The maximum atomic E-state index is 9.05. The van der Waals surface area contributed by atoms with E-state index in [1.165, 1.54) is 0 Å². The quantitative estimate of drug-likeness (QED) is 0.455. The van der Waals surface area contributed by atoms with Gasteiger partial charge < -0.3 is 4.57 Å². The van der Waals surface area contributed by atoms with Crippen molar-refractivity contribution in [3.63, 3.8) is 0 Å². The van der Waals surface area contributed by atoms with Crippen LogP contribution in [0.1, 0.15) is 5.56 Å². The van der Waals surface area contributed by atoms with E-state index in [0.29, 0.717) is 5.52 Å². The third kappa shape index (κ3) is 1.41. The highest BCUT2D eigenvalue weighted by atomic mass is 79.9. The molecule has 0 atom stereocenters. The van der Waals surface area contributed by atoms with Crippen molar-refractivity contribution in [2.45, 2.75) is 0 Å². The van der Waals surface area contributed by atoms with Gasteiger partial charge in [-0.25, -0.2) is 4.98 Å². The molecule has 6 nitrogen and oxygen atoms in total. The minimum Gasteiger partial charge on any atom is -0.333 e. The minimum absolute atomic E-state index is 0.281. The van der Waals surface area contributed by atoms with E-state index in [0.717, 1.165) is 9.99 Å². The van der Waals surface area contributed by atoms with Gasteiger partial charge in [-0.3, -0.25) is 0 Å². The van der Waals surface area contributed by atoms with E-state index < -0.39 is 0 Å². The minimum atomic E-state index is 0.281. The van der Waals surface area contributed by atoms with E-state index in [4.69, 9.17) is 10.8 Å². The second kappa shape index (κ2) is 3.85. The molecule has 1 aromatic carbocycles. The van der Waals surface area contributed by atoms with Crippen LogP contribution in [0.3, 0.4) is 0 Å². The molecule has 0 saturated heterocycles. The summed E-state index contributed by atoms with van der Waals surface area (Å²) in [5, 5.41) is 12.5. The molecule has 7 heteroatoms. The zero-order valence-electron chi connectivity index (χ0n) is 8.22. The summed E-state index contributed by atoms with van der Waals surface area (Å²) in [5.74, 6) is 0. The first kappa shape index (κ1) is 10.5. The summed E-state index contributed by atoms with van der Waals surface area (Å²) in [7, 11) is 1.83. The Morgan fingerprint density at radius 3 is 3.06 bits per heavy atom. The lowest BCUT2D eigenvalue weighted by atomic mass is 10.1. The van der Waals surface area contributed by atoms with Crippen molar-refractivity contribution in [1.29, 1.82) is 5.26 Å². The van der Waals surface area contributed by atoms with Gasteiger partial charge in [0.15, 0.2) is 0 Å². The number of benzene rings is 1. The molecular formula is C9H5BrN6. The summed E-state index contributed by atoms with van der Waals surface area (Å²) in [6.45, 7) is 0. The molecule has 0 fully saturated rings. The molecule has 0 N–H and O–H groups in total. The van der Waals surface area contributed by atoms with Gasteiger partial charge in [0.1, 0.15) is 11.6 Å². The number of halogens is 1. The highest BCUT2D eigenvalue weighted by molar-refractivity contribution is 9.10. The normalized spacial score (nSPS) is 9.81. The molecule has 0 radical (unpaired) electrons. The number of azide groups is 1. The molecule has 2 aromatic rings. The fourth-order valence-corrected chi connectivity index (χ4v) is 2.20. The second-order valence-corrected chi connectivity index (χ2v) is 3.96. The molecule has 0 spiro atoms. The fourth-order valence-electron chi connectivity index (χ4n) is 1.51. The van der Waals surface area contributed by atoms with E-state index in [1.807, 2.05) is 13.1 Å². The number of rotatable bonds is 1. The Balaban J connectivity index is 2.98. The van der Waals surface area contributed by atoms with E-state index in [9.17, 15) is 0 Å². The zero-order chi connectivity index (χ0) is 11.7. The molecule has 0 aliphatic rings. The molecule has 1 heterocycles. The first-order valence-corrected chi connectivity index (χ1v) is 5.07. The van der Waals surface area contributed by atoms with Crippen molar-refractivity contribution in [2.24, 2.45) is 12.2 Å². The Bertz CT molecular complexity index is 659. The Morgan fingerprint density at radius 1 is 1.69 bits per heavy atom. The summed E-state index contributed by atoms with van der Waals surface area (Å²) in [5.41, 5.74) is 10.3. The molecule has 0 saturated carbocycles. The van der Waals surface area contributed by atoms with Crippen LogP contribution < -0.4 is 0 Å². The molecule has 0 amide bonds. The fraction of sp³-hybridized carbons (Fsp3) is 0.111. The first-order chi connectivity index (χ1) is 7.69. The smallest absolute Gasteiger partial charge is 0.108 e. The number of hydrogen-bond donors (Lipinski definition) is 0. The standard InChI is InChI=1S/C9H5BrN6/c1-16-4-13-8-5(3-11)7(14-15-12)2-6(10)9(8)16/h2,4H,1H3. The average molecular weight is 277 g/mol. The number of aryl methyl sites for hydroxylation is 1. The van der Waals surface area contributed by atoms with Crippen LogP contribution in [0.2, 0.25) is 0 Å². The summed E-state index contributed by atoms with van der Waals surface area (Å²) < 4.78 is 2.53. The molecule has 16 heavy (non-hydrogen) atoms. The molecule has 0 aliphatic heterocycles. The van der Waals surface area contributed by atoms with Gasteiger partial charge in [-0.1, -0.05) is 5.11 Å². The average Bonchev–Trinajstić information content (AvgIpc) is 2.62. The number of hydrogen-bond acceptors (Lipinski definition) is 3. The molecular weight excluding hydrogens is 272 g/mol. The highest BCUT2D eigenvalue weighted by Gasteiger charge is 2.13. The van der Waals surface area contributed by atoms with E-state index in [1.54, 1.807) is 17.0 Å². The lowest BCUT2D eigenvalue weighted by Crippen LogP contribution is -1.87. The summed E-state index contributed by atoms with van der Waals surface area (Å²) in [4.78, 5) is 6.81. The zero-order valence-corrected chi connectivity index (χ0v) is 9.80. The van der Waals surface area contributed by atoms with Crippen LogP contribution in [0.15, 0.2) is 22.0 Å². The Kier molecular flexibility index (Phi) is 2.52. The van der Waals surface area contributed by atoms with Crippen LogP contribution in [0.25, 0.3) is 21.5 Å². The second-order valence-electron chi connectivity index (χ2n) is 3.11. The third-order valence-corrected chi connectivity index (χ3v) is 2.79. The molecule has 0 unspecified atom stereocenters. The molecule has 0 bridgehead atoms. The highest BCUT2D eigenvalue weighted by Crippen LogP contribution is 2.33. The number of fused-ring (bicyclic) bond motifs is 1. The number of nitrogens with zero attached hydrogens (tertiary/aromatic N) is 6. The molecule has 1 aromatic heterocycles. The third-order valence-electron chi connectivity index (χ3n) is 2.18. The van der Waals surface area contributed by atoms with Crippen LogP contribution in [-0.4, -0.2) is 9.55 Å². The van der Waals surface area contributed by atoms with Gasteiger partial charge in [0.2, 0.25) is 0 Å². The predicted molar refractivity (Wildman–Crippen MR) is 61.9 cm³/mol. The van der Waals surface area contributed by atoms with Crippen molar-refractivity contribution in [2.75, 3.05) is 0 Å². The SMILES string of the molecule is Cn1cnc2c(C#N)c(N=[N+]=[N-])cc(Br)c21. The van der Waals surface area contributed by atoms with Gasteiger partial charge in [0.05, 0.1) is 23.1 Å². The van der Waals surface area contributed by atoms with Crippen LogP contribution in [0, 0.1) is 11.3 Å². The monoisotopic (exact) mass is 276 g/mol. The number of imidazole rings is 1. The first-order valence-electron chi connectivity index (χ1n) is 4.27. The maximum Gasteiger partial charge on any atom is 0.108 e. The topological polar surface area (TPSA) is 90.4 Å². The van der Waals surface area contributed by atoms with Crippen LogP contribution >= 0.6 is 15.9 Å². The molecule has 2 rings (SSSR count). The maximum absolute atomic E-state index is 9.05. The largest absolute Gasteiger partial charge is 0.333 e. The van der Waals surface area contributed by atoms with Gasteiger partial charge in [0, 0.05) is 16.4 Å². The predicted octanol–water partition coefficient (Wildman–Crippen LogP) is 3.15. The Labute approximate surface area is 98.9 Å². The van der Waals surface area contributed by atoms with Crippen molar-refractivity contribution in [3.8, 4) is 6.07 Å². The number of aromatic nitrogens is 2. The lowest BCUT2D eigenvalue weighted by molar-refractivity contribution is 0.945. The van der Waals surface area contributed by atoms with Crippen LogP contribution in [0.5, 0.6) is 0 Å². The van der Waals surface area contributed by atoms with Crippen molar-refractivity contribution in [1.82, 2.24) is 9.55 Å². The Morgan fingerprint density at radius 2 is 2.44 bits per heavy atom. The van der Waals surface area contributed by atoms with Crippen molar-refractivity contribution in [3.05, 3.63) is 32.9 Å². The van der Waals surface area contributed by atoms with E-state index in [2.05, 4.69) is 30.9 Å². The molecule has 0 aliphatic carbocycles. The van der Waals surface area contributed by atoms with E-state index in [-0.39, 0.29) is 11.3 Å². The van der Waals surface area contributed by atoms with Crippen LogP contribution in [-0.2, 0) is 7.05 Å². The van der Waals surface area contributed by atoms with E-state index >= 15 is 0 Å². The lowest BCUT2D eigenvalue weighted by Gasteiger charge is -2.02. The van der Waals surface area contributed by atoms with Crippen molar-refractivity contribution < 1.29 is 0 Å².